The van der Waals surface area contributed by atoms with E-state index in [1.54, 1.807) is 16.2 Å². The van der Waals surface area contributed by atoms with E-state index in [1.807, 2.05) is 12.3 Å². The van der Waals surface area contributed by atoms with Crippen LogP contribution in [0.15, 0.2) is 5.38 Å². The van der Waals surface area contributed by atoms with Crippen molar-refractivity contribution < 1.29 is 14.7 Å². The maximum Gasteiger partial charge on any atom is 0.326 e. The van der Waals surface area contributed by atoms with E-state index in [9.17, 15) is 14.7 Å². The van der Waals surface area contributed by atoms with Gasteiger partial charge in [-0.25, -0.2) is 9.78 Å². The van der Waals surface area contributed by atoms with Crippen molar-refractivity contribution in [3.8, 4) is 0 Å². The average Bonchev–Trinajstić information content (AvgIpc) is 3.08. The molecule has 1 saturated heterocycles. The summed E-state index contributed by atoms with van der Waals surface area (Å²) in [4.78, 5) is 30.2. The first-order chi connectivity index (χ1) is 10.6. The van der Waals surface area contributed by atoms with Gasteiger partial charge in [0.05, 0.1) is 5.01 Å². The molecule has 1 aliphatic carbocycles. The number of hydrogen-bond donors (Lipinski definition) is 1. The summed E-state index contributed by atoms with van der Waals surface area (Å²) in [6.45, 7) is 1.94. The van der Waals surface area contributed by atoms with Gasteiger partial charge in [0.2, 0.25) is 5.91 Å². The van der Waals surface area contributed by atoms with Crippen LogP contribution in [0.3, 0.4) is 0 Å². The SMILES string of the molecule is Cc1csc(CCC(=O)N2C(C(=O)O)CC3CCCCC32)n1. The molecular weight excluding hydrogens is 300 g/mol. The molecule has 120 valence electrons. The van der Waals surface area contributed by atoms with Gasteiger partial charge >= 0.3 is 5.97 Å². The van der Waals surface area contributed by atoms with Crippen molar-refractivity contribution in [2.45, 2.75) is 64.0 Å². The molecular formula is C16H22N2O3S. The van der Waals surface area contributed by atoms with Gasteiger partial charge in [0, 0.05) is 30.0 Å². The number of nitrogens with zero attached hydrogens (tertiary/aromatic N) is 2. The number of aromatic nitrogens is 1. The molecule has 1 N–H and O–H groups in total. The predicted molar refractivity (Wildman–Crippen MR) is 83.8 cm³/mol. The van der Waals surface area contributed by atoms with Gasteiger partial charge in [0.25, 0.3) is 0 Å². The first kappa shape index (κ1) is 15.5. The lowest BCUT2D eigenvalue weighted by molar-refractivity contribution is -0.149. The lowest BCUT2D eigenvalue weighted by atomic mass is 9.84. The van der Waals surface area contributed by atoms with Crippen molar-refractivity contribution in [3.63, 3.8) is 0 Å². The molecule has 0 spiro atoms. The number of carbonyl (C=O) groups is 2. The average molecular weight is 322 g/mol. The summed E-state index contributed by atoms with van der Waals surface area (Å²) in [6, 6.07) is -0.487. The summed E-state index contributed by atoms with van der Waals surface area (Å²) in [5, 5.41) is 12.4. The summed E-state index contributed by atoms with van der Waals surface area (Å²) in [5.74, 6) is -0.497. The second-order valence-corrected chi connectivity index (χ2v) is 7.33. The van der Waals surface area contributed by atoms with E-state index in [-0.39, 0.29) is 11.9 Å². The highest BCUT2D eigenvalue weighted by Gasteiger charge is 2.47. The topological polar surface area (TPSA) is 70.5 Å². The van der Waals surface area contributed by atoms with Crippen molar-refractivity contribution >= 4 is 23.2 Å². The Hall–Kier alpha value is -1.43. The number of carboxylic acids is 1. The van der Waals surface area contributed by atoms with E-state index in [1.165, 1.54) is 0 Å². The summed E-state index contributed by atoms with van der Waals surface area (Å²) < 4.78 is 0. The maximum absolute atomic E-state index is 12.6. The number of aryl methyl sites for hydroxylation is 2. The van der Waals surface area contributed by atoms with Gasteiger partial charge in [-0.05, 0) is 32.1 Å². The molecule has 1 aromatic rings. The lowest BCUT2D eigenvalue weighted by Crippen LogP contribution is -2.46. The first-order valence-corrected chi connectivity index (χ1v) is 8.89. The van der Waals surface area contributed by atoms with Crippen LogP contribution in [0.5, 0.6) is 0 Å². The van der Waals surface area contributed by atoms with Crippen LogP contribution < -0.4 is 0 Å². The summed E-state index contributed by atoms with van der Waals surface area (Å²) >= 11 is 1.57. The van der Waals surface area contributed by atoms with Gasteiger partial charge in [0.15, 0.2) is 0 Å². The Morgan fingerprint density at radius 1 is 1.41 bits per heavy atom. The van der Waals surface area contributed by atoms with Crippen molar-refractivity contribution in [2.75, 3.05) is 0 Å². The Bertz CT molecular complexity index is 571. The first-order valence-electron chi connectivity index (χ1n) is 8.01. The third kappa shape index (κ3) is 3.02. The molecule has 2 heterocycles. The lowest BCUT2D eigenvalue weighted by Gasteiger charge is -2.33. The Morgan fingerprint density at radius 2 is 2.18 bits per heavy atom. The smallest absolute Gasteiger partial charge is 0.326 e. The molecule has 1 aliphatic heterocycles. The van der Waals surface area contributed by atoms with Crippen LogP contribution in [0.4, 0.5) is 0 Å². The predicted octanol–water partition coefficient (Wildman–Crippen LogP) is 2.63. The van der Waals surface area contributed by atoms with Gasteiger partial charge in [-0.15, -0.1) is 11.3 Å². The maximum atomic E-state index is 12.6. The van der Waals surface area contributed by atoms with E-state index < -0.39 is 12.0 Å². The highest BCUT2D eigenvalue weighted by molar-refractivity contribution is 7.09. The fraction of sp³-hybridized carbons (Fsp3) is 0.688. The summed E-state index contributed by atoms with van der Waals surface area (Å²) in [6.07, 6.45) is 5.87. The Balaban J connectivity index is 1.69. The number of hydrogen-bond acceptors (Lipinski definition) is 4. The third-order valence-electron chi connectivity index (χ3n) is 4.88. The standard InChI is InChI=1S/C16H22N2O3S/c1-10-9-22-14(17-10)6-7-15(19)18-12-5-3-2-4-11(12)8-13(18)16(20)21/h9,11-13H,2-8H2,1H3,(H,20,21). The van der Waals surface area contributed by atoms with E-state index >= 15 is 0 Å². The van der Waals surface area contributed by atoms with Crippen LogP contribution in [-0.2, 0) is 16.0 Å². The largest absolute Gasteiger partial charge is 0.480 e. The van der Waals surface area contributed by atoms with Crippen molar-refractivity contribution in [1.82, 2.24) is 9.88 Å². The van der Waals surface area contributed by atoms with Gasteiger partial charge in [-0.2, -0.15) is 0 Å². The zero-order valence-corrected chi connectivity index (χ0v) is 13.6. The fourth-order valence-electron chi connectivity index (χ4n) is 3.90. The Morgan fingerprint density at radius 3 is 2.86 bits per heavy atom. The van der Waals surface area contributed by atoms with Crippen LogP contribution in [0.2, 0.25) is 0 Å². The third-order valence-corrected chi connectivity index (χ3v) is 5.91. The van der Waals surface area contributed by atoms with Gasteiger partial charge < -0.3 is 10.0 Å². The molecule has 0 radical (unpaired) electrons. The number of amides is 1. The highest BCUT2D eigenvalue weighted by Crippen LogP contribution is 2.40. The van der Waals surface area contributed by atoms with Crippen LogP contribution >= 0.6 is 11.3 Å². The van der Waals surface area contributed by atoms with Crippen molar-refractivity contribution in [2.24, 2.45) is 5.92 Å². The molecule has 6 heteroatoms. The quantitative estimate of drug-likeness (QED) is 0.925. The molecule has 0 bridgehead atoms. The van der Waals surface area contributed by atoms with E-state index in [2.05, 4.69) is 4.98 Å². The minimum absolute atomic E-state index is 0.0188. The molecule has 1 amide bonds. The molecule has 22 heavy (non-hydrogen) atoms. The number of carbonyl (C=O) groups excluding carboxylic acids is 1. The minimum Gasteiger partial charge on any atom is -0.480 e. The molecule has 3 atom stereocenters. The number of likely N-dealkylation sites (tertiary alicyclic amines) is 1. The molecule has 2 aliphatic rings. The van der Waals surface area contributed by atoms with Gasteiger partial charge in [-0.1, -0.05) is 12.8 Å². The van der Waals surface area contributed by atoms with Crippen LogP contribution in [0.1, 0.15) is 49.2 Å². The normalized spacial score (nSPS) is 27.7. The second kappa shape index (κ2) is 6.36. The minimum atomic E-state index is -0.854. The van der Waals surface area contributed by atoms with Crippen LogP contribution in [0.25, 0.3) is 0 Å². The monoisotopic (exact) mass is 322 g/mol. The van der Waals surface area contributed by atoms with E-state index in [0.717, 1.165) is 36.4 Å². The van der Waals surface area contributed by atoms with E-state index in [4.69, 9.17) is 0 Å². The zero-order valence-electron chi connectivity index (χ0n) is 12.8. The molecule has 3 rings (SSSR count). The number of fused-ring (bicyclic) bond motifs is 1. The number of thiazole rings is 1. The highest BCUT2D eigenvalue weighted by atomic mass is 32.1. The van der Waals surface area contributed by atoms with E-state index in [0.29, 0.717) is 25.2 Å². The molecule has 0 aromatic carbocycles. The Kier molecular flexibility index (Phi) is 4.47. The fourth-order valence-corrected chi connectivity index (χ4v) is 4.68. The molecule has 2 fully saturated rings. The molecule has 1 saturated carbocycles. The van der Waals surface area contributed by atoms with Crippen LogP contribution in [-0.4, -0.2) is 39.0 Å². The Labute approximate surface area is 134 Å². The van der Waals surface area contributed by atoms with Crippen LogP contribution in [0, 0.1) is 12.8 Å². The van der Waals surface area contributed by atoms with Crippen molar-refractivity contribution in [3.05, 3.63) is 16.1 Å². The number of carboxylic acid groups (broad SMARTS) is 1. The van der Waals surface area contributed by atoms with Gasteiger partial charge in [-0.3, -0.25) is 4.79 Å². The molecule has 3 unspecified atom stereocenters. The molecule has 5 nitrogen and oxygen atoms in total. The zero-order chi connectivity index (χ0) is 15.7. The molecule has 1 aromatic heterocycles. The van der Waals surface area contributed by atoms with Crippen molar-refractivity contribution in [1.29, 1.82) is 0 Å². The number of rotatable bonds is 4. The second-order valence-electron chi connectivity index (χ2n) is 6.39. The summed E-state index contributed by atoms with van der Waals surface area (Å²) in [5.41, 5.74) is 0.976. The van der Waals surface area contributed by atoms with Gasteiger partial charge in [0.1, 0.15) is 6.04 Å². The summed E-state index contributed by atoms with van der Waals surface area (Å²) in [7, 11) is 0. The number of aliphatic carboxylic acids is 1.